The number of hydrogen-bond acceptors (Lipinski definition) is 3. The van der Waals surface area contributed by atoms with Crippen LogP contribution < -0.4 is 10.1 Å². The SMILES string of the molecule is CC1(C)CC1(CNCc1ccc(OCC(=O)O)cc1)c1ccccc1. The first-order chi connectivity index (χ1) is 11.9. The molecule has 25 heavy (non-hydrogen) atoms. The van der Waals surface area contributed by atoms with Crippen LogP contribution in [-0.4, -0.2) is 24.2 Å². The molecule has 1 unspecified atom stereocenters. The highest BCUT2D eigenvalue weighted by atomic mass is 16.5. The fourth-order valence-corrected chi connectivity index (χ4v) is 3.63. The Balaban J connectivity index is 1.56. The Morgan fingerprint density at radius 3 is 2.32 bits per heavy atom. The predicted octanol–water partition coefficient (Wildman–Crippen LogP) is 3.61. The van der Waals surface area contributed by atoms with Gasteiger partial charge >= 0.3 is 5.97 Å². The third-order valence-corrected chi connectivity index (χ3v) is 5.28. The Bertz CT molecular complexity index is 725. The molecule has 4 heteroatoms. The highest BCUT2D eigenvalue weighted by Crippen LogP contribution is 2.63. The Labute approximate surface area is 148 Å². The fraction of sp³-hybridized carbons (Fsp3) is 0.381. The van der Waals surface area contributed by atoms with Gasteiger partial charge < -0.3 is 15.2 Å². The molecular formula is C21H25NO3. The summed E-state index contributed by atoms with van der Waals surface area (Å²) in [7, 11) is 0. The molecule has 2 aromatic carbocycles. The minimum Gasteiger partial charge on any atom is -0.482 e. The molecule has 3 rings (SSSR count). The summed E-state index contributed by atoms with van der Waals surface area (Å²) in [6, 6.07) is 18.3. The molecule has 1 fully saturated rings. The highest BCUT2D eigenvalue weighted by Gasteiger charge is 2.61. The number of benzene rings is 2. The van der Waals surface area contributed by atoms with Crippen LogP contribution in [0.5, 0.6) is 5.75 Å². The average Bonchev–Trinajstić information content (AvgIpc) is 3.17. The molecular weight excluding hydrogens is 314 g/mol. The van der Waals surface area contributed by atoms with Gasteiger partial charge in [-0.3, -0.25) is 0 Å². The average molecular weight is 339 g/mol. The van der Waals surface area contributed by atoms with E-state index in [2.05, 4.69) is 49.5 Å². The monoisotopic (exact) mass is 339 g/mol. The van der Waals surface area contributed by atoms with Crippen molar-refractivity contribution in [3.05, 3.63) is 65.7 Å². The van der Waals surface area contributed by atoms with Gasteiger partial charge in [0.2, 0.25) is 0 Å². The van der Waals surface area contributed by atoms with E-state index in [9.17, 15) is 4.79 Å². The van der Waals surface area contributed by atoms with Crippen LogP contribution in [0.25, 0.3) is 0 Å². The maximum atomic E-state index is 10.5. The number of carboxylic acids is 1. The van der Waals surface area contributed by atoms with Gasteiger partial charge in [0, 0.05) is 18.5 Å². The molecule has 1 atom stereocenters. The van der Waals surface area contributed by atoms with E-state index in [-0.39, 0.29) is 12.0 Å². The number of carboxylic acid groups (broad SMARTS) is 1. The first-order valence-corrected chi connectivity index (χ1v) is 8.63. The number of hydrogen-bond donors (Lipinski definition) is 2. The van der Waals surface area contributed by atoms with E-state index in [4.69, 9.17) is 9.84 Å². The molecule has 4 nitrogen and oxygen atoms in total. The van der Waals surface area contributed by atoms with Crippen molar-refractivity contribution in [3.8, 4) is 5.75 Å². The van der Waals surface area contributed by atoms with Crippen molar-refractivity contribution in [3.63, 3.8) is 0 Å². The summed E-state index contributed by atoms with van der Waals surface area (Å²) in [5.74, 6) is -0.390. The standard InChI is InChI=1S/C21H25NO3/c1-20(2)14-21(20,17-6-4-3-5-7-17)15-22-12-16-8-10-18(11-9-16)25-13-19(23)24/h3-11,22H,12-15H2,1-2H3,(H,23,24). The molecule has 1 aliphatic carbocycles. The first kappa shape index (κ1) is 17.5. The van der Waals surface area contributed by atoms with Crippen LogP contribution >= 0.6 is 0 Å². The maximum absolute atomic E-state index is 10.5. The van der Waals surface area contributed by atoms with Crippen LogP contribution in [0, 0.1) is 5.41 Å². The van der Waals surface area contributed by atoms with E-state index < -0.39 is 5.97 Å². The molecule has 2 aromatic rings. The van der Waals surface area contributed by atoms with Gasteiger partial charge in [-0.05, 0) is 35.1 Å². The quantitative estimate of drug-likeness (QED) is 0.771. The van der Waals surface area contributed by atoms with Crippen molar-refractivity contribution >= 4 is 5.97 Å². The molecule has 1 aliphatic rings. The topological polar surface area (TPSA) is 58.6 Å². The molecule has 1 saturated carbocycles. The molecule has 132 valence electrons. The summed E-state index contributed by atoms with van der Waals surface area (Å²) in [6.45, 7) is 6.07. The summed E-state index contributed by atoms with van der Waals surface area (Å²) in [6.07, 6.45) is 1.19. The van der Waals surface area contributed by atoms with Crippen molar-refractivity contribution < 1.29 is 14.6 Å². The largest absolute Gasteiger partial charge is 0.482 e. The summed E-state index contributed by atoms with van der Waals surface area (Å²) in [5.41, 5.74) is 3.09. The summed E-state index contributed by atoms with van der Waals surface area (Å²) >= 11 is 0. The molecule has 0 amide bonds. The zero-order valence-electron chi connectivity index (χ0n) is 14.8. The lowest BCUT2D eigenvalue weighted by Crippen LogP contribution is -2.30. The van der Waals surface area contributed by atoms with E-state index in [1.165, 1.54) is 12.0 Å². The number of rotatable bonds is 8. The number of nitrogens with one attached hydrogen (secondary N) is 1. The lowest BCUT2D eigenvalue weighted by atomic mass is 9.88. The van der Waals surface area contributed by atoms with Crippen molar-refractivity contribution in [2.75, 3.05) is 13.2 Å². The number of ether oxygens (including phenoxy) is 1. The predicted molar refractivity (Wildman–Crippen MR) is 97.8 cm³/mol. The smallest absolute Gasteiger partial charge is 0.341 e. The van der Waals surface area contributed by atoms with E-state index >= 15 is 0 Å². The van der Waals surface area contributed by atoms with Gasteiger partial charge in [-0.1, -0.05) is 56.3 Å². The van der Waals surface area contributed by atoms with Gasteiger partial charge in [0.25, 0.3) is 0 Å². The highest BCUT2D eigenvalue weighted by molar-refractivity contribution is 5.68. The molecule has 0 aromatic heterocycles. The molecule has 0 bridgehead atoms. The van der Waals surface area contributed by atoms with E-state index in [1.807, 2.05) is 24.3 Å². The lowest BCUT2D eigenvalue weighted by Gasteiger charge is -2.22. The van der Waals surface area contributed by atoms with Crippen LogP contribution in [0.4, 0.5) is 0 Å². The van der Waals surface area contributed by atoms with E-state index in [0.29, 0.717) is 11.2 Å². The van der Waals surface area contributed by atoms with Gasteiger partial charge in [-0.15, -0.1) is 0 Å². The Hall–Kier alpha value is -2.33. The van der Waals surface area contributed by atoms with Crippen molar-refractivity contribution in [2.24, 2.45) is 5.41 Å². The van der Waals surface area contributed by atoms with Crippen LogP contribution in [0.2, 0.25) is 0 Å². The molecule has 2 N–H and O–H groups in total. The van der Waals surface area contributed by atoms with Gasteiger partial charge in [0.15, 0.2) is 6.61 Å². The minimum atomic E-state index is -0.969. The lowest BCUT2D eigenvalue weighted by molar-refractivity contribution is -0.139. The Morgan fingerprint density at radius 1 is 1.12 bits per heavy atom. The van der Waals surface area contributed by atoms with Crippen LogP contribution in [0.1, 0.15) is 31.4 Å². The molecule has 0 radical (unpaired) electrons. The third kappa shape index (κ3) is 3.85. The Kier molecular flexibility index (Phi) is 4.82. The minimum absolute atomic E-state index is 0.207. The van der Waals surface area contributed by atoms with Gasteiger partial charge in [0.05, 0.1) is 0 Å². The molecule has 0 heterocycles. The van der Waals surface area contributed by atoms with Crippen molar-refractivity contribution in [1.82, 2.24) is 5.32 Å². The zero-order chi connectivity index (χ0) is 17.9. The normalized spacial score (nSPS) is 20.9. The summed E-state index contributed by atoms with van der Waals surface area (Å²) in [4.78, 5) is 10.5. The first-order valence-electron chi connectivity index (χ1n) is 8.63. The fourth-order valence-electron chi connectivity index (χ4n) is 3.63. The molecule has 0 saturated heterocycles. The zero-order valence-corrected chi connectivity index (χ0v) is 14.8. The second-order valence-electron chi connectivity index (χ2n) is 7.44. The van der Waals surface area contributed by atoms with Crippen molar-refractivity contribution in [2.45, 2.75) is 32.2 Å². The Morgan fingerprint density at radius 2 is 1.76 bits per heavy atom. The van der Waals surface area contributed by atoms with E-state index in [0.717, 1.165) is 18.7 Å². The van der Waals surface area contributed by atoms with Gasteiger partial charge in [0.1, 0.15) is 5.75 Å². The summed E-state index contributed by atoms with van der Waals surface area (Å²) < 4.78 is 5.16. The molecule has 0 spiro atoms. The van der Waals surface area contributed by atoms with E-state index in [1.54, 1.807) is 0 Å². The number of carbonyl (C=O) groups is 1. The second-order valence-corrected chi connectivity index (χ2v) is 7.44. The van der Waals surface area contributed by atoms with Gasteiger partial charge in [-0.2, -0.15) is 0 Å². The van der Waals surface area contributed by atoms with Crippen LogP contribution in [0.3, 0.4) is 0 Å². The second kappa shape index (κ2) is 6.89. The van der Waals surface area contributed by atoms with Gasteiger partial charge in [-0.25, -0.2) is 4.79 Å². The third-order valence-electron chi connectivity index (χ3n) is 5.28. The number of aliphatic carboxylic acids is 1. The summed E-state index contributed by atoms with van der Waals surface area (Å²) in [5, 5.41) is 12.2. The maximum Gasteiger partial charge on any atom is 0.341 e. The molecule has 0 aliphatic heterocycles. The van der Waals surface area contributed by atoms with Crippen LogP contribution in [0.15, 0.2) is 54.6 Å². The van der Waals surface area contributed by atoms with Crippen molar-refractivity contribution in [1.29, 1.82) is 0 Å². The van der Waals surface area contributed by atoms with Crippen LogP contribution in [-0.2, 0) is 16.8 Å².